The van der Waals surface area contributed by atoms with Crippen molar-refractivity contribution in [3.8, 4) is 0 Å². The Hall–Kier alpha value is -2.05. The maximum Gasteiger partial charge on any atom is 0.220 e. The number of ether oxygens (including phenoxy) is 4. The van der Waals surface area contributed by atoms with Crippen LogP contribution in [-0.2, 0) is 23.7 Å². The Kier molecular flexibility index (Phi) is 31.0. The fourth-order valence-corrected chi connectivity index (χ4v) is 7.34. The van der Waals surface area contributed by atoms with Crippen LogP contribution in [0.2, 0.25) is 0 Å². The SMILES string of the molecule is CCCC/C=C/C(O)C(COC1OC(CO)C(OC2OC(CO)C(O)C(O)C2O)C(O)C1O)NC(=O)CCCCCCCCCC/C=C\C/C=C\C/C=C\CCCCCCC. The Morgan fingerprint density at radius 2 is 1.10 bits per heavy atom. The summed E-state index contributed by atoms with van der Waals surface area (Å²) in [7, 11) is 0. The summed E-state index contributed by atoms with van der Waals surface area (Å²) in [6.45, 7) is 2.58. The maximum absolute atomic E-state index is 13.0. The van der Waals surface area contributed by atoms with Gasteiger partial charge in [0.25, 0.3) is 0 Å². The molecule has 9 N–H and O–H groups in total. The number of hydrogen-bond donors (Lipinski definition) is 9. The average Bonchev–Trinajstić information content (AvgIpc) is 3.26. The van der Waals surface area contributed by atoms with Gasteiger partial charge >= 0.3 is 0 Å². The molecule has 2 aliphatic heterocycles. The molecule has 0 bridgehead atoms. The van der Waals surface area contributed by atoms with E-state index in [1.165, 1.54) is 64.2 Å². The van der Waals surface area contributed by atoms with E-state index in [-0.39, 0.29) is 18.9 Å². The first-order valence-electron chi connectivity index (χ1n) is 23.4. The van der Waals surface area contributed by atoms with Crippen LogP contribution in [-0.4, -0.2) is 140 Å². The number of carbonyl (C=O) groups excluding carboxylic acids is 1. The molecular weight excluding hydrogens is 787 g/mol. The second-order valence-electron chi connectivity index (χ2n) is 16.5. The van der Waals surface area contributed by atoms with Gasteiger partial charge in [-0.1, -0.05) is 140 Å². The Morgan fingerprint density at radius 1 is 0.590 bits per heavy atom. The van der Waals surface area contributed by atoms with Gasteiger partial charge in [0.05, 0.1) is 32.0 Å². The number of amides is 1. The summed E-state index contributed by atoms with van der Waals surface area (Å²) < 4.78 is 22.5. The highest BCUT2D eigenvalue weighted by Crippen LogP contribution is 2.30. The first-order valence-corrected chi connectivity index (χ1v) is 23.4. The predicted molar refractivity (Wildman–Crippen MR) is 235 cm³/mol. The van der Waals surface area contributed by atoms with E-state index < -0.39 is 86.8 Å². The third kappa shape index (κ3) is 22.4. The summed E-state index contributed by atoms with van der Waals surface area (Å²) in [6.07, 6.45) is 22.4. The molecule has 2 saturated heterocycles. The molecule has 14 heteroatoms. The minimum Gasteiger partial charge on any atom is -0.394 e. The van der Waals surface area contributed by atoms with Crippen LogP contribution in [0.25, 0.3) is 0 Å². The van der Waals surface area contributed by atoms with Crippen LogP contribution >= 0.6 is 0 Å². The number of hydrogen-bond acceptors (Lipinski definition) is 13. The van der Waals surface area contributed by atoms with E-state index in [9.17, 15) is 45.6 Å². The summed E-state index contributed by atoms with van der Waals surface area (Å²) in [4.78, 5) is 13.0. The molecule has 354 valence electrons. The summed E-state index contributed by atoms with van der Waals surface area (Å²) in [6, 6.07) is -0.915. The van der Waals surface area contributed by atoms with E-state index in [2.05, 4.69) is 55.6 Å². The zero-order valence-corrected chi connectivity index (χ0v) is 37.1. The van der Waals surface area contributed by atoms with Crippen LogP contribution in [0.15, 0.2) is 48.6 Å². The summed E-state index contributed by atoms with van der Waals surface area (Å²) >= 11 is 0. The summed E-state index contributed by atoms with van der Waals surface area (Å²) in [5, 5.41) is 85.9. The van der Waals surface area contributed by atoms with Crippen molar-refractivity contribution < 1.29 is 64.6 Å². The van der Waals surface area contributed by atoms with Crippen LogP contribution < -0.4 is 5.32 Å². The Morgan fingerprint density at radius 3 is 1.69 bits per heavy atom. The largest absolute Gasteiger partial charge is 0.394 e. The fraction of sp³-hybridized carbons (Fsp3) is 0.809. The van der Waals surface area contributed by atoms with Gasteiger partial charge in [0.1, 0.15) is 48.8 Å². The molecule has 0 aliphatic carbocycles. The van der Waals surface area contributed by atoms with Crippen LogP contribution in [0.1, 0.15) is 149 Å². The van der Waals surface area contributed by atoms with E-state index in [1.807, 2.05) is 6.08 Å². The third-order valence-corrected chi connectivity index (χ3v) is 11.3. The highest BCUT2D eigenvalue weighted by Gasteiger charge is 2.50. The van der Waals surface area contributed by atoms with Gasteiger partial charge in [-0.2, -0.15) is 0 Å². The second kappa shape index (κ2) is 34.4. The first-order chi connectivity index (χ1) is 29.6. The first kappa shape index (κ1) is 55.1. The van der Waals surface area contributed by atoms with Gasteiger partial charge in [-0.05, 0) is 51.4 Å². The number of rotatable bonds is 34. The predicted octanol–water partition coefficient (Wildman–Crippen LogP) is 4.93. The molecule has 2 aliphatic rings. The monoisotopic (exact) mass is 870 g/mol. The lowest BCUT2D eigenvalue weighted by Crippen LogP contribution is -2.65. The van der Waals surface area contributed by atoms with Gasteiger partial charge in [0, 0.05) is 6.42 Å². The number of nitrogens with one attached hydrogen (secondary N) is 1. The van der Waals surface area contributed by atoms with Gasteiger partial charge in [-0.3, -0.25) is 4.79 Å². The number of unbranched alkanes of at least 4 members (excludes halogenated alkanes) is 15. The Bertz CT molecular complexity index is 1210. The van der Waals surface area contributed by atoms with Gasteiger partial charge < -0.3 is 65.1 Å². The van der Waals surface area contributed by atoms with Crippen molar-refractivity contribution in [2.45, 2.75) is 222 Å². The molecule has 0 aromatic rings. The molecule has 2 heterocycles. The minimum absolute atomic E-state index is 0.259. The van der Waals surface area contributed by atoms with E-state index in [0.717, 1.165) is 57.8 Å². The molecule has 0 spiro atoms. The highest BCUT2D eigenvalue weighted by molar-refractivity contribution is 5.76. The van der Waals surface area contributed by atoms with Gasteiger partial charge in [0.15, 0.2) is 12.6 Å². The molecule has 12 atom stereocenters. The normalized spacial score (nSPS) is 28.4. The topological polar surface area (TPSA) is 228 Å². The fourth-order valence-electron chi connectivity index (χ4n) is 7.34. The molecule has 1 amide bonds. The molecule has 12 unspecified atom stereocenters. The Labute approximate surface area is 365 Å². The molecule has 61 heavy (non-hydrogen) atoms. The smallest absolute Gasteiger partial charge is 0.220 e. The van der Waals surface area contributed by atoms with Gasteiger partial charge in [-0.15, -0.1) is 0 Å². The lowest BCUT2D eigenvalue weighted by atomic mass is 9.97. The van der Waals surface area contributed by atoms with Crippen molar-refractivity contribution in [1.82, 2.24) is 5.32 Å². The van der Waals surface area contributed by atoms with Gasteiger partial charge in [0.2, 0.25) is 5.91 Å². The van der Waals surface area contributed by atoms with Gasteiger partial charge in [-0.25, -0.2) is 0 Å². The maximum atomic E-state index is 13.0. The number of aliphatic hydroxyl groups excluding tert-OH is 8. The molecule has 2 fully saturated rings. The number of aliphatic hydroxyl groups is 8. The molecule has 0 saturated carbocycles. The number of allylic oxidation sites excluding steroid dienone is 7. The number of carbonyl (C=O) groups is 1. The third-order valence-electron chi connectivity index (χ3n) is 11.3. The quantitative estimate of drug-likeness (QED) is 0.0309. The van der Waals surface area contributed by atoms with Crippen molar-refractivity contribution in [2.24, 2.45) is 0 Å². The summed E-state index contributed by atoms with van der Waals surface area (Å²) in [5.74, 6) is -0.259. The Balaban J connectivity index is 1.70. The lowest BCUT2D eigenvalue weighted by molar-refractivity contribution is -0.359. The average molecular weight is 870 g/mol. The second-order valence-corrected chi connectivity index (χ2v) is 16.5. The van der Waals surface area contributed by atoms with E-state index >= 15 is 0 Å². The highest BCUT2D eigenvalue weighted by atomic mass is 16.7. The van der Waals surface area contributed by atoms with Crippen molar-refractivity contribution >= 4 is 5.91 Å². The van der Waals surface area contributed by atoms with Crippen molar-refractivity contribution in [1.29, 1.82) is 0 Å². The minimum atomic E-state index is -1.79. The van der Waals surface area contributed by atoms with Crippen LogP contribution in [0.3, 0.4) is 0 Å². The van der Waals surface area contributed by atoms with E-state index in [0.29, 0.717) is 6.42 Å². The van der Waals surface area contributed by atoms with E-state index in [4.69, 9.17) is 18.9 Å². The molecular formula is C47H83NO13. The van der Waals surface area contributed by atoms with E-state index in [1.54, 1.807) is 6.08 Å². The molecule has 14 nitrogen and oxygen atoms in total. The van der Waals surface area contributed by atoms with Crippen LogP contribution in [0.5, 0.6) is 0 Å². The zero-order valence-electron chi connectivity index (χ0n) is 37.1. The molecule has 0 radical (unpaired) electrons. The molecule has 0 aromatic heterocycles. The van der Waals surface area contributed by atoms with Crippen molar-refractivity contribution in [2.75, 3.05) is 19.8 Å². The summed E-state index contributed by atoms with van der Waals surface area (Å²) in [5.41, 5.74) is 0. The lowest BCUT2D eigenvalue weighted by Gasteiger charge is -2.46. The molecule has 2 rings (SSSR count). The van der Waals surface area contributed by atoms with Crippen LogP contribution in [0.4, 0.5) is 0 Å². The zero-order chi connectivity index (χ0) is 44.7. The van der Waals surface area contributed by atoms with Crippen molar-refractivity contribution in [3.05, 3.63) is 48.6 Å². The van der Waals surface area contributed by atoms with Crippen molar-refractivity contribution in [3.63, 3.8) is 0 Å². The standard InChI is InChI=1S/C47H83NO13/c1-3-5-7-9-10-11-12-13-14-15-16-17-18-19-20-21-22-23-24-25-26-27-29-31-39(52)48-35(36(51)30-28-8-6-4-2)34-58-46-44(57)42(55)45(38(33-50)60-46)61-47-43(56)41(54)40(53)37(32-49)59-47/h12-13,15-16,18-19,28,30,35-38,40-47,49-51,53-57H,3-11,14,17,20-27,29,31-34H2,1-2H3,(H,48,52)/b13-12-,16-15-,19-18-,30-28+. The van der Waals surface area contributed by atoms with Crippen LogP contribution in [0, 0.1) is 0 Å². The molecule has 0 aromatic carbocycles.